The summed E-state index contributed by atoms with van der Waals surface area (Å²) in [6, 6.07) is 7.11. The average molecular weight is 500 g/mol. The lowest BCUT2D eigenvalue weighted by Gasteiger charge is -2.42. The quantitative estimate of drug-likeness (QED) is 0.392. The highest BCUT2D eigenvalue weighted by Gasteiger charge is 2.36. The number of hydrogen-bond acceptors (Lipinski definition) is 3. The van der Waals surface area contributed by atoms with Gasteiger partial charge in [0, 0.05) is 37.2 Å². The molecule has 6 nitrogen and oxygen atoms in total. The molecule has 0 aromatic heterocycles. The van der Waals surface area contributed by atoms with Crippen molar-refractivity contribution in [3.63, 3.8) is 0 Å². The van der Waals surface area contributed by atoms with Gasteiger partial charge in [-0.05, 0) is 56.2 Å². The summed E-state index contributed by atoms with van der Waals surface area (Å²) in [5, 5.41) is 3.03. The number of unbranched alkanes of at least 4 members (excludes halogenated alkanes) is 2. The normalized spacial score (nSPS) is 18.4. The summed E-state index contributed by atoms with van der Waals surface area (Å²) >= 11 is 0. The second kappa shape index (κ2) is 15.0. The molecule has 0 saturated carbocycles. The smallest absolute Gasteiger partial charge is 0.251 e. The van der Waals surface area contributed by atoms with Crippen LogP contribution in [0.5, 0.6) is 0 Å². The van der Waals surface area contributed by atoms with Crippen molar-refractivity contribution in [1.29, 1.82) is 0 Å². The fourth-order valence-electron chi connectivity index (χ4n) is 4.98. The summed E-state index contributed by atoms with van der Waals surface area (Å²) in [4.78, 5) is 43.6. The predicted octanol–water partition coefficient (Wildman–Crippen LogP) is 5.45. The number of rotatable bonds is 13. The molecule has 6 heteroatoms. The van der Waals surface area contributed by atoms with Crippen LogP contribution < -0.4 is 5.32 Å². The lowest BCUT2D eigenvalue weighted by atomic mass is 9.95. The number of carbonyl (C=O) groups excluding carboxylic acids is 3. The molecule has 1 aromatic carbocycles. The molecule has 4 unspecified atom stereocenters. The SMILES string of the molecule is CCCCc1ccc(C(=O)NC(C(=O)N2CCN(C(=O)C(CC)CCCC)C(C)C2)C(C)CC)cc1. The zero-order valence-corrected chi connectivity index (χ0v) is 23.5. The Labute approximate surface area is 219 Å². The molecular formula is C30H49N3O3. The number of benzene rings is 1. The summed E-state index contributed by atoms with van der Waals surface area (Å²) in [6.07, 6.45) is 8.01. The van der Waals surface area contributed by atoms with Crippen LogP contribution in [0.4, 0.5) is 0 Å². The van der Waals surface area contributed by atoms with Crippen molar-refractivity contribution in [3.05, 3.63) is 35.4 Å². The number of nitrogens with one attached hydrogen (secondary N) is 1. The maximum Gasteiger partial charge on any atom is 0.251 e. The Morgan fingerprint density at radius 3 is 2.17 bits per heavy atom. The van der Waals surface area contributed by atoms with E-state index in [0.717, 1.165) is 51.4 Å². The van der Waals surface area contributed by atoms with Crippen LogP contribution in [-0.2, 0) is 16.0 Å². The highest BCUT2D eigenvalue weighted by atomic mass is 16.2. The Bertz CT molecular complexity index is 838. The minimum Gasteiger partial charge on any atom is -0.340 e. The van der Waals surface area contributed by atoms with Crippen molar-refractivity contribution < 1.29 is 14.4 Å². The van der Waals surface area contributed by atoms with E-state index in [1.807, 2.05) is 54.8 Å². The first kappa shape index (κ1) is 29.9. The Balaban J connectivity index is 2.05. The molecule has 1 aliphatic rings. The van der Waals surface area contributed by atoms with Crippen LogP contribution in [0.25, 0.3) is 0 Å². The molecule has 36 heavy (non-hydrogen) atoms. The van der Waals surface area contributed by atoms with E-state index in [-0.39, 0.29) is 35.6 Å². The topological polar surface area (TPSA) is 69.7 Å². The first-order chi connectivity index (χ1) is 17.3. The summed E-state index contributed by atoms with van der Waals surface area (Å²) in [6.45, 7) is 14.1. The maximum atomic E-state index is 13.6. The van der Waals surface area contributed by atoms with Crippen LogP contribution in [-0.4, -0.2) is 59.2 Å². The van der Waals surface area contributed by atoms with E-state index in [9.17, 15) is 14.4 Å². The van der Waals surface area contributed by atoms with Crippen molar-refractivity contribution in [1.82, 2.24) is 15.1 Å². The summed E-state index contributed by atoms with van der Waals surface area (Å²) in [5.74, 6) is 0.0436. The van der Waals surface area contributed by atoms with Gasteiger partial charge in [0.05, 0.1) is 0 Å². The van der Waals surface area contributed by atoms with E-state index in [1.54, 1.807) is 0 Å². The molecule has 1 N–H and O–H groups in total. The van der Waals surface area contributed by atoms with Crippen LogP contribution in [0.15, 0.2) is 24.3 Å². The molecule has 1 fully saturated rings. The average Bonchev–Trinajstić information content (AvgIpc) is 2.90. The highest BCUT2D eigenvalue weighted by molar-refractivity contribution is 5.97. The Morgan fingerprint density at radius 2 is 1.61 bits per heavy atom. The molecule has 4 atom stereocenters. The van der Waals surface area contributed by atoms with Crippen molar-refractivity contribution in [2.45, 2.75) is 105 Å². The molecule has 3 amide bonds. The molecule has 1 aliphatic heterocycles. The second-order valence-corrected chi connectivity index (χ2v) is 10.5. The molecule has 2 rings (SSSR count). The molecule has 1 saturated heterocycles. The molecule has 0 spiro atoms. The molecular weight excluding hydrogens is 450 g/mol. The number of amides is 3. The molecule has 0 bridgehead atoms. The first-order valence-electron chi connectivity index (χ1n) is 14.3. The lowest BCUT2D eigenvalue weighted by molar-refractivity contribution is -0.146. The standard InChI is InChI=1S/C30H49N3O3/c1-7-11-13-24-15-17-26(18-16-24)28(34)31-27(22(5)9-3)30(36)32-19-20-33(23(6)21-32)29(35)25(10-4)14-12-8-2/h15-18,22-23,25,27H,7-14,19-21H2,1-6H3,(H,31,34). The van der Waals surface area contributed by atoms with Gasteiger partial charge in [-0.3, -0.25) is 14.4 Å². The van der Waals surface area contributed by atoms with Crippen molar-refractivity contribution >= 4 is 17.7 Å². The number of piperazine rings is 1. The summed E-state index contributed by atoms with van der Waals surface area (Å²) in [5.41, 5.74) is 1.81. The Morgan fingerprint density at radius 1 is 0.944 bits per heavy atom. The monoisotopic (exact) mass is 499 g/mol. The van der Waals surface area contributed by atoms with Gasteiger partial charge in [-0.25, -0.2) is 0 Å². The number of nitrogens with zero attached hydrogens (tertiary/aromatic N) is 2. The molecule has 1 heterocycles. The zero-order valence-electron chi connectivity index (χ0n) is 23.5. The third-order valence-corrected chi connectivity index (χ3v) is 7.77. The van der Waals surface area contributed by atoms with E-state index >= 15 is 0 Å². The first-order valence-corrected chi connectivity index (χ1v) is 14.3. The van der Waals surface area contributed by atoms with E-state index in [4.69, 9.17) is 0 Å². The fraction of sp³-hybridized carbons (Fsp3) is 0.700. The largest absolute Gasteiger partial charge is 0.340 e. The van der Waals surface area contributed by atoms with Crippen molar-refractivity contribution in [2.75, 3.05) is 19.6 Å². The summed E-state index contributed by atoms with van der Waals surface area (Å²) < 4.78 is 0. The fourth-order valence-corrected chi connectivity index (χ4v) is 4.98. The number of carbonyl (C=O) groups is 3. The zero-order chi connectivity index (χ0) is 26.7. The molecule has 202 valence electrons. The van der Waals surface area contributed by atoms with Crippen LogP contribution in [0.2, 0.25) is 0 Å². The summed E-state index contributed by atoms with van der Waals surface area (Å²) in [7, 11) is 0. The lowest BCUT2D eigenvalue weighted by Crippen LogP contribution is -2.60. The third-order valence-electron chi connectivity index (χ3n) is 7.77. The van der Waals surface area contributed by atoms with E-state index < -0.39 is 6.04 Å². The van der Waals surface area contributed by atoms with Gasteiger partial charge in [-0.2, -0.15) is 0 Å². The predicted molar refractivity (Wildman–Crippen MR) is 147 cm³/mol. The third kappa shape index (κ3) is 8.07. The van der Waals surface area contributed by atoms with Crippen LogP contribution in [0.3, 0.4) is 0 Å². The van der Waals surface area contributed by atoms with Crippen LogP contribution in [0, 0.1) is 11.8 Å². The van der Waals surface area contributed by atoms with Gasteiger partial charge in [0.1, 0.15) is 6.04 Å². The van der Waals surface area contributed by atoms with Crippen molar-refractivity contribution in [3.8, 4) is 0 Å². The maximum absolute atomic E-state index is 13.6. The Kier molecular flexibility index (Phi) is 12.5. The Hall–Kier alpha value is -2.37. The van der Waals surface area contributed by atoms with Gasteiger partial charge >= 0.3 is 0 Å². The van der Waals surface area contributed by atoms with Gasteiger partial charge in [-0.15, -0.1) is 0 Å². The number of aryl methyl sites for hydroxylation is 1. The minimum atomic E-state index is -0.579. The van der Waals surface area contributed by atoms with Gasteiger partial charge in [-0.1, -0.05) is 72.4 Å². The molecule has 1 aromatic rings. The molecule has 0 aliphatic carbocycles. The van der Waals surface area contributed by atoms with E-state index in [0.29, 0.717) is 25.2 Å². The van der Waals surface area contributed by atoms with Gasteiger partial charge in [0.25, 0.3) is 5.91 Å². The highest BCUT2D eigenvalue weighted by Crippen LogP contribution is 2.21. The minimum absolute atomic E-state index is 0.0127. The van der Waals surface area contributed by atoms with Crippen molar-refractivity contribution in [2.24, 2.45) is 11.8 Å². The van der Waals surface area contributed by atoms with Crippen LogP contribution >= 0.6 is 0 Å². The second-order valence-electron chi connectivity index (χ2n) is 10.5. The number of hydrogen-bond donors (Lipinski definition) is 1. The van der Waals surface area contributed by atoms with E-state index in [2.05, 4.69) is 26.1 Å². The van der Waals surface area contributed by atoms with Gasteiger partial charge in [0.15, 0.2) is 0 Å². The van der Waals surface area contributed by atoms with E-state index in [1.165, 1.54) is 5.56 Å². The van der Waals surface area contributed by atoms with Gasteiger partial charge < -0.3 is 15.1 Å². The van der Waals surface area contributed by atoms with Gasteiger partial charge in [0.2, 0.25) is 11.8 Å². The van der Waals surface area contributed by atoms with Crippen LogP contribution in [0.1, 0.15) is 102 Å². The molecule has 0 radical (unpaired) electrons.